The van der Waals surface area contributed by atoms with E-state index < -0.39 is 17.8 Å². The molecule has 3 aromatic rings. The quantitative estimate of drug-likeness (QED) is 0.404. The summed E-state index contributed by atoms with van der Waals surface area (Å²) in [7, 11) is 2.86. The minimum Gasteiger partial charge on any atom is -0.502 e. The SMILES string of the molecule is COc1cc(/C=C2/C(=O)N(c3ccc(F)cc3)C(C(=O)NC3CCCCC3)c3ccccc32)cc(OC)c1O. The fourth-order valence-corrected chi connectivity index (χ4v) is 5.44. The fourth-order valence-electron chi connectivity index (χ4n) is 5.44. The third-order valence-electron chi connectivity index (χ3n) is 7.37. The number of phenols is 1. The lowest BCUT2D eigenvalue weighted by Gasteiger charge is -2.38. The number of fused-ring (bicyclic) bond motifs is 1. The van der Waals surface area contributed by atoms with Crippen molar-refractivity contribution < 1.29 is 28.6 Å². The van der Waals surface area contributed by atoms with Crippen molar-refractivity contribution in [3.8, 4) is 17.2 Å². The number of nitrogens with one attached hydrogen (secondary N) is 1. The van der Waals surface area contributed by atoms with Gasteiger partial charge in [-0.15, -0.1) is 0 Å². The Morgan fingerprint density at radius 1 is 1.00 bits per heavy atom. The Balaban J connectivity index is 1.65. The van der Waals surface area contributed by atoms with Crippen LogP contribution in [0, 0.1) is 5.82 Å². The molecule has 1 unspecified atom stereocenters. The summed E-state index contributed by atoms with van der Waals surface area (Å²) >= 11 is 0. The minimum absolute atomic E-state index is 0.0532. The van der Waals surface area contributed by atoms with E-state index in [4.69, 9.17) is 9.47 Å². The maximum absolute atomic E-state index is 14.2. The second-order valence-electron chi connectivity index (χ2n) is 9.82. The van der Waals surface area contributed by atoms with E-state index in [2.05, 4.69) is 5.32 Å². The summed E-state index contributed by atoms with van der Waals surface area (Å²) in [6, 6.07) is 15.2. The van der Waals surface area contributed by atoms with Crippen LogP contribution >= 0.6 is 0 Å². The van der Waals surface area contributed by atoms with E-state index in [1.165, 1.54) is 43.4 Å². The van der Waals surface area contributed by atoms with Crippen molar-refractivity contribution >= 4 is 29.2 Å². The molecule has 1 atom stereocenters. The summed E-state index contributed by atoms with van der Waals surface area (Å²) in [6.07, 6.45) is 6.75. The summed E-state index contributed by atoms with van der Waals surface area (Å²) in [6.45, 7) is 0. The van der Waals surface area contributed by atoms with Gasteiger partial charge in [0.25, 0.3) is 5.91 Å². The van der Waals surface area contributed by atoms with E-state index in [1.807, 2.05) is 24.3 Å². The van der Waals surface area contributed by atoms with Crippen molar-refractivity contribution in [1.82, 2.24) is 5.32 Å². The molecule has 0 radical (unpaired) electrons. The molecule has 0 aromatic heterocycles. The lowest BCUT2D eigenvalue weighted by Crippen LogP contribution is -2.49. The van der Waals surface area contributed by atoms with Crippen molar-refractivity contribution in [3.63, 3.8) is 0 Å². The van der Waals surface area contributed by atoms with Gasteiger partial charge >= 0.3 is 0 Å². The van der Waals surface area contributed by atoms with Crippen LogP contribution in [-0.2, 0) is 9.59 Å². The molecule has 3 aromatic carbocycles. The molecule has 1 fully saturated rings. The molecule has 39 heavy (non-hydrogen) atoms. The predicted octanol–water partition coefficient (Wildman–Crippen LogP) is 5.63. The first-order chi connectivity index (χ1) is 18.9. The molecule has 5 rings (SSSR count). The van der Waals surface area contributed by atoms with E-state index in [-0.39, 0.29) is 29.2 Å². The Morgan fingerprint density at radius 2 is 1.64 bits per heavy atom. The molecule has 1 aliphatic carbocycles. The summed E-state index contributed by atoms with van der Waals surface area (Å²) in [5, 5.41) is 13.5. The van der Waals surface area contributed by atoms with Crippen LogP contribution in [0.1, 0.15) is 54.8 Å². The number of carbonyl (C=O) groups excluding carboxylic acids is 2. The van der Waals surface area contributed by atoms with Crippen LogP contribution in [0.3, 0.4) is 0 Å². The molecule has 1 saturated carbocycles. The van der Waals surface area contributed by atoms with Crippen LogP contribution in [0.5, 0.6) is 17.2 Å². The number of nitrogens with zero attached hydrogens (tertiary/aromatic N) is 1. The summed E-state index contributed by atoms with van der Waals surface area (Å²) in [4.78, 5) is 29.5. The lowest BCUT2D eigenvalue weighted by molar-refractivity contribution is -0.126. The first kappa shape index (κ1) is 26.3. The Bertz CT molecular complexity index is 1390. The number of ether oxygens (including phenoxy) is 2. The zero-order valence-corrected chi connectivity index (χ0v) is 21.9. The van der Waals surface area contributed by atoms with E-state index >= 15 is 0 Å². The molecule has 8 heteroatoms. The highest BCUT2D eigenvalue weighted by molar-refractivity contribution is 6.33. The van der Waals surface area contributed by atoms with Gasteiger partial charge in [0.2, 0.25) is 11.7 Å². The zero-order chi connectivity index (χ0) is 27.5. The molecule has 2 aliphatic rings. The number of carbonyl (C=O) groups is 2. The Hall–Kier alpha value is -4.33. The predicted molar refractivity (Wildman–Crippen MR) is 147 cm³/mol. The monoisotopic (exact) mass is 530 g/mol. The first-order valence-electron chi connectivity index (χ1n) is 13.1. The van der Waals surface area contributed by atoms with Gasteiger partial charge in [0.05, 0.1) is 14.2 Å². The number of hydrogen-bond donors (Lipinski definition) is 2. The fraction of sp³-hybridized carbons (Fsp3) is 0.290. The van der Waals surface area contributed by atoms with E-state index in [0.29, 0.717) is 28.0 Å². The largest absolute Gasteiger partial charge is 0.502 e. The third-order valence-corrected chi connectivity index (χ3v) is 7.37. The second-order valence-corrected chi connectivity index (χ2v) is 9.82. The molecule has 0 saturated heterocycles. The number of amides is 2. The van der Waals surface area contributed by atoms with Crippen molar-refractivity contribution in [3.05, 3.63) is 83.2 Å². The summed E-state index contributed by atoms with van der Waals surface area (Å²) in [5.74, 6) is -0.874. The van der Waals surface area contributed by atoms with Gasteiger partial charge < -0.3 is 19.9 Å². The van der Waals surface area contributed by atoms with Gasteiger partial charge in [0, 0.05) is 17.3 Å². The van der Waals surface area contributed by atoms with Crippen LogP contribution in [0.2, 0.25) is 0 Å². The van der Waals surface area contributed by atoms with Crippen molar-refractivity contribution in [2.24, 2.45) is 0 Å². The second kappa shape index (κ2) is 11.2. The van der Waals surface area contributed by atoms with Gasteiger partial charge in [0.15, 0.2) is 11.5 Å². The molecular formula is C31H31FN2O5. The van der Waals surface area contributed by atoms with E-state index in [9.17, 15) is 19.1 Å². The third kappa shape index (κ3) is 5.19. The van der Waals surface area contributed by atoms with Crippen LogP contribution in [0.25, 0.3) is 11.6 Å². The molecule has 2 N–H and O–H groups in total. The number of methoxy groups -OCH3 is 2. The Morgan fingerprint density at radius 3 is 2.28 bits per heavy atom. The normalized spacial score (nSPS) is 18.5. The number of benzene rings is 3. The molecule has 0 spiro atoms. The van der Waals surface area contributed by atoms with Crippen molar-refractivity contribution in [1.29, 1.82) is 0 Å². The topological polar surface area (TPSA) is 88.1 Å². The summed E-state index contributed by atoms with van der Waals surface area (Å²) in [5.41, 5.74) is 2.59. The van der Waals surface area contributed by atoms with Gasteiger partial charge in [-0.1, -0.05) is 43.5 Å². The molecule has 0 bridgehead atoms. The van der Waals surface area contributed by atoms with Crippen LogP contribution in [0.15, 0.2) is 60.7 Å². The molecular weight excluding hydrogens is 499 g/mol. The van der Waals surface area contributed by atoms with Gasteiger partial charge in [-0.25, -0.2) is 4.39 Å². The number of hydrogen-bond acceptors (Lipinski definition) is 5. The number of halogens is 1. The number of aromatic hydroxyl groups is 1. The molecule has 1 heterocycles. The van der Waals surface area contributed by atoms with Gasteiger partial charge in [-0.05, 0) is 72.0 Å². The van der Waals surface area contributed by atoms with Crippen LogP contribution in [0.4, 0.5) is 10.1 Å². The maximum atomic E-state index is 14.2. The highest BCUT2D eigenvalue weighted by Crippen LogP contribution is 2.42. The molecule has 1 aliphatic heterocycles. The Kier molecular flexibility index (Phi) is 7.54. The highest BCUT2D eigenvalue weighted by Gasteiger charge is 2.41. The minimum atomic E-state index is -0.929. The smallest absolute Gasteiger partial charge is 0.259 e. The molecule has 2 amide bonds. The number of rotatable bonds is 6. The zero-order valence-electron chi connectivity index (χ0n) is 21.9. The van der Waals surface area contributed by atoms with Crippen LogP contribution < -0.4 is 19.7 Å². The lowest BCUT2D eigenvalue weighted by atomic mass is 9.86. The number of anilines is 1. The summed E-state index contributed by atoms with van der Waals surface area (Å²) < 4.78 is 24.4. The highest BCUT2D eigenvalue weighted by atomic mass is 19.1. The number of phenolic OH excluding ortho intramolecular Hbond substituents is 1. The van der Waals surface area contributed by atoms with E-state index in [0.717, 1.165) is 32.1 Å². The average Bonchev–Trinajstić information content (AvgIpc) is 2.96. The van der Waals surface area contributed by atoms with Crippen molar-refractivity contribution in [2.45, 2.75) is 44.2 Å². The van der Waals surface area contributed by atoms with Gasteiger partial charge in [-0.2, -0.15) is 0 Å². The van der Waals surface area contributed by atoms with Crippen molar-refractivity contribution in [2.75, 3.05) is 19.1 Å². The Labute approximate surface area is 226 Å². The average molecular weight is 531 g/mol. The first-order valence-corrected chi connectivity index (χ1v) is 13.1. The van der Waals surface area contributed by atoms with Gasteiger partial charge in [0.1, 0.15) is 11.9 Å². The molecule has 7 nitrogen and oxygen atoms in total. The molecule has 202 valence electrons. The standard InChI is InChI=1S/C31H31FN2O5/c1-38-26-17-19(18-27(39-2)29(26)35)16-25-23-10-6-7-11-24(23)28(30(36)33-21-8-4-3-5-9-21)34(31(25)37)22-14-12-20(32)13-15-22/h6-7,10-18,21,28,35H,3-5,8-9H2,1-2H3,(H,33,36)/b25-16+. The van der Waals surface area contributed by atoms with Gasteiger partial charge in [-0.3, -0.25) is 14.5 Å². The van der Waals surface area contributed by atoms with E-state index in [1.54, 1.807) is 18.2 Å². The maximum Gasteiger partial charge on any atom is 0.259 e. The van der Waals surface area contributed by atoms with Crippen LogP contribution in [-0.4, -0.2) is 37.2 Å².